The number of carbonyl (C=O) groups is 1. The zero-order chi connectivity index (χ0) is 22.4. The maximum Gasteiger partial charge on any atom is 0.258 e. The molecule has 1 heterocycles. The predicted octanol–water partition coefficient (Wildman–Crippen LogP) is 5.13. The van der Waals surface area contributed by atoms with E-state index < -0.39 is 0 Å². The van der Waals surface area contributed by atoms with Crippen LogP contribution in [0, 0.1) is 13.8 Å². The van der Waals surface area contributed by atoms with E-state index in [1.807, 2.05) is 36.7 Å². The number of amides is 1. The molecule has 0 saturated carbocycles. The lowest BCUT2D eigenvalue weighted by Gasteiger charge is -2.15. The molecule has 2 aromatic carbocycles. The maximum atomic E-state index is 12.8. The topological polar surface area (TPSA) is 71.3 Å². The van der Waals surface area contributed by atoms with Gasteiger partial charge in [0.1, 0.15) is 0 Å². The van der Waals surface area contributed by atoms with Crippen LogP contribution in [0.4, 0.5) is 5.69 Å². The second kappa shape index (κ2) is 10.3. The predicted molar refractivity (Wildman–Crippen MR) is 127 cm³/mol. The molecule has 0 radical (unpaired) electrons. The number of aromatic nitrogens is 2. The van der Waals surface area contributed by atoms with Crippen LogP contribution in [0.2, 0.25) is 5.02 Å². The first-order valence-corrected chi connectivity index (χ1v) is 10.8. The number of aryl methyl sites for hydroxylation is 3. The molecule has 0 fully saturated rings. The van der Waals surface area contributed by atoms with Crippen LogP contribution < -0.4 is 10.6 Å². The molecule has 1 amide bonds. The van der Waals surface area contributed by atoms with Crippen LogP contribution in [-0.2, 0) is 19.5 Å². The van der Waals surface area contributed by atoms with Crippen LogP contribution in [0.15, 0.2) is 53.5 Å². The molecular formula is C24H28ClN5O. The van der Waals surface area contributed by atoms with Gasteiger partial charge in [0.05, 0.1) is 12.2 Å². The van der Waals surface area contributed by atoms with Crippen molar-refractivity contribution in [1.29, 1.82) is 0 Å². The summed E-state index contributed by atoms with van der Waals surface area (Å²) in [6.07, 6.45) is 0.861. The number of anilines is 1. The first-order chi connectivity index (χ1) is 14.9. The van der Waals surface area contributed by atoms with Crippen molar-refractivity contribution in [2.45, 2.75) is 47.2 Å². The van der Waals surface area contributed by atoms with E-state index in [1.165, 1.54) is 0 Å². The summed E-state index contributed by atoms with van der Waals surface area (Å²) in [5, 5.41) is 11.3. The summed E-state index contributed by atoms with van der Waals surface area (Å²) in [6, 6.07) is 14.8. The van der Waals surface area contributed by atoms with Gasteiger partial charge in [-0.3, -0.25) is 14.8 Å². The first kappa shape index (κ1) is 22.6. The Morgan fingerprint density at radius 2 is 1.90 bits per heavy atom. The summed E-state index contributed by atoms with van der Waals surface area (Å²) in [5.41, 5.74) is 5.60. The van der Waals surface area contributed by atoms with E-state index >= 15 is 0 Å². The molecule has 162 valence electrons. The van der Waals surface area contributed by atoms with Gasteiger partial charge in [-0.2, -0.15) is 5.10 Å². The average Bonchev–Trinajstić information content (AvgIpc) is 3.05. The summed E-state index contributed by atoms with van der Waals surface area (Å²) < 4.78 is 1.96. The van der Waals surface area contributed by atoms with Gasteiger partial charge in [0.2, 0.25) is 5.96 Å². The molecule has 0 aliphatic carbocycles. The third-order valence-corrected chi connectivity index (χ3v) is 5.43. The lowest BCUT2D eigenvalue weighted by atomic mass is 10.1. The fraction of sp³-hybridized carbons (Fsp3) is 0.292. The fourth-order valence-corrected chi connectivity index (χ4v) is 3.62. The number of guanidine groups is 1. The molecule has 0 aliphatic rings. The molecule has 3 aromatic rings. The third kappa shape index (κ3) is 5.52. The van der Waals surface area contributed by atoms with Crippen LogP contribution in [-0.4, -0.2) is 21.6 Å². The van der Waals surface area contributed by atoms with E-state index in [0.29, 0.717) is 23.1 Å². The molecule has 3 rings (SSSR count). The van der Waals surface area contributed by atoms with Crippen molar-refractivity contribution in [1.82, 2.24) is 15.1 Å². The van der Waals surface area contributed by atoms with Crippen LogP contribution >= 0.6 is 11.6 Å². The first-order valence-electron chi connectivity index (χ1n) is 10.4. The van der Waals surface area contributed by atoms with Crippen molar-refractivity contribution < 1.29 is 4.79 Å². The Morgan fingerprint density at radius 3 is 2.58 bits per heavy atom. The summed E-state index contributed by atoms with van der Waals surface area (Å²) in [4.78, 5) is 17.5. The Hall–Kier alpha value is -3.12. The van der Waals surface area contributed by atoms with Gasteiger partial charge in [-0.05, 0) is 57.0 Å². The van der Waals surface area contributed by atoms with Gasteiger partial charge in [-0.25, -0.2) is 4.99 Å². The molecule has 31 heavy (non-hydrogen) atoms. The minimum atomic E-state index is -0.277. The Bertz CT molecular complexity index is 1100. The van der Waals surface area contributed by atoms with Crippen LogP contribution in [0.5, 0.6) is 0 Å². The van der Waals surface area contributed by atoms with Gasteiger partial charge in [-0.15, -0.1) is 0 Å². The van der Waals surface area contributed by atoms with Crippen molar-refractivity contribution in [3.05, 3.63) is 81.6 Å². The van der Waals surface area contributed by atoms with Gasteiger partial charge in [0.15, 0.2) is 0 Å². The molecule has 1 aromatic heterocycles. The number of para-hydroxylation sites is 1. The van der Waals surface area contributed by atoms with E-state index in [2.05, 4.69) is 35.6 Å². The number of nitrogens with zero attached hydrogens (tertiary/aromatic N) is 3. The quantitative estimate of drug-likeness (QED) is 0.414. The normalized spacial score (nSPS) is 11.5. The summed E-state index contributed by atoms with van der Waals surface area (Å²) in [6.45, 7) is 9.38. The molecule has 7 heteroatoms. The number of rotatable bonds is 6. The number of hydrogen-bond donors (Lipinski definition) is 2. The fourth-order valence-electron chi connectivity index (χ4n) is 3.43. The molecule has 0 atom stereocenters. The highest BCUT2D eigenvalue weighted by Gasteiger charge is 2.14. The highest BCUT2D eigenvalue weighted by Crippen LogP contribution is 2.17. The van der Waals surface area contributed by atoms with Crippen LogP contribution in [0.1, 0.15) is 46.7 Å². The van der Waals surface area contributed by atoms with Crippen LogP contribution in [0.25, 0.3) is 0 Å². The van der Waals surface area contributed by atoms with Gasteiger partial charge in [0.25, 0.3) is 5.91 Å². The smallest absolute Gasteiger partial charge is 0.258 e. The Morgan fingerprint density at radius 1 is 1.13 bits per heavy atom. The minimum absolute atomic E-state index is 0.277. The average molecular weight is 438 g/mol. The third-order valence-electron chi connectivity index (χ3n) is 5.20. The number of nitrogens with one attached hydrogen (secondary N) is 2. The molecule has 0 saturated heterocycles. The Balaban J connectivity index is 1.90. The van der Waals surface area contributed by atoms with E-state index in [-0.39, 0.29) is 5.91 Å². The highest BCUT2D eigenvalue weighted by atomic mass is 35.5. The molecule has 2 N–H and O–H groups in total. The van der Waals surface area contributed by atoms with Crippen molar-refractivity contribution in [3.8, 4) is 0 Å². The number of hydrogen-bond acceptors (Lipinski definition) is 3. The maximum absolute atomic E-state index is 12.8. The zero-order valence-corrected chi connectivity index (χ0v) is 19.1. The molecular weight excluding hydrogens is 410 g/mol. The van der Waals surface area contributed by atoms with Gasteiger partial charge < -0.3 is 5.32 Å². The van der Waals surface area contributed by atoms with Gasteiger partial charge in [-0.1, -0.05) is 42.8 Å². The van der Waals surface area contributed by atoms with E-state index in [1.54, 1.807) is 24.3 Å². The Kier molecular flexibility index (Phi) is 7.47. The molecule has 0 aliphatic heterocycles. The SMILES string of the molecule is CCc1ccccc1NC(=NCc1c(C)nn(CC)c1C)NC(=O)c1cccc(Cl)c1. The van der Waals surface area contributed by atoms with E-state index in [4.69, 9.17) is 16.6 Å². The van der Waals surface area contributed by atoms with Crippen molar-refractivity contribution in [2.75, 3.05) is 5.32 Å². The highest BCUT2D eigenvalue weighted by molar-refractivity contribution is 6.31. The van der Waals surface area contributed by atoms with E-state index in [0.717, 1.165) is 41.2 Å². The number of carbonyl (C=O) groups excluding carboxylic acids is 1. The van der Waals surface area contributed by atoms with Crippen LogP contribution in [0.3, 0.4) is 0 Å². The van der Waals surface area contributed by atoms with Gasteiger partial charge >= 0.3 is 0 Å². The molecule has 6 nitrogen and oxygen atoms in total. The number of halogens is 1. The van der Waals surface area contributed by atoms with Crippen molar-refractivity contribution >= 4 is 29.2 Å². The van der Waals surface area contributed by atoms with Gasteiger partial charge in [0, 0.05) is 34.1 Å². The Labute approximate surface area is 188 Å². The summed E-state index contributed by atoms with van der Waals surface area (Å²) in [5.74, 6) is 0.106. The molecule has 0 unspecified atom stereocenters. The summed E-state index contributed by atoms with van der Waals surface area (Å²) >= 11 is 6.05. The van der Waals surface area contributed by atoms with Crippen molar-refractivity contribution in [3.63, 3.8) is 0 Å². The lowest BCUT2D eigenvalue weighted by Crippen LogP contribution is -2.36. The minimum Gasteiger partial charge on any atom is -0.326 e. The largest absolute Gasteiger partial charge is 0.326 e. The lowest BCUT2D eigenvalue weighted by molar-refractivity contribution is 0.0977. The zero-order valence-electron chi connectivity index (χ0n) is 18.4. The van der Waals surface area contributed by atoms with E-state index in [9.17, 15) is 4.79 Å². The number of benzene rings is 2. The molecule has 0 bridgehead atoms. The standard InChI is InChI=1S/C24H28ClN5O/c1-5-18-10-7-8-13-22(18)27-24(28-23(31)19-11-9-12-20(25)14-19)26-15-21-16(3)29-30(6-2)17(21)4/h7-14H,5-6,15H2,1-4H3,(H2,26,27,28,31). The monoisotopic (exact) mass is 437 g/mol. The second-order valence-electron chi connectivity index (χ2n) is 7.23. The molecule has 0 spiro atoms. The van der Waals surface area contributed by atoms with Crippen molar-refractivity contribution in [2.24, 2.45) is 4.99 Å². The summed E-state index contributed by atoms with van der Waals surface area (Å²) in [7, 11) is 0. The second-order valence-corrected chi connectivity index (χ2v) is 7.67. The number of aliphatic imine (C=N–C) groups is 1.